The van der Waals surface area contributed by atoms with Crippen LogP contribution in [-0.4, -0.2) is 50.9 Å². The molecule has 0 rings (SSSR count). The Labute approximate surface area is 182 Å². The first-order valence-corrected chi connectivity index (χ1v) is 15.4. The van der Waals surface area contributed by atoms with Gasteiger partial charge in [-0.2, -0.15) is 0 Å². The summed E-state index contributed by atoms with van der Waals surface area (Å²) in [4.78, 5) is 29.4. The zero-order valence-electron chi connectivity index (χ0n) is 18.1. The molecule has 0 aliphatic rings. The van der Waals surface area contributed by atoms with Gasteiger partial charge in [-0.3, -0.25) is 0 Å². The minimum atomic E-state index is -5.38. The molecule has 0 aromatic carbocycles. The Bertz CT molecular complexity index is 312. The fraction of sp³-hybridized carbons (Fsp3) is 1.00. The van der Waals surface area contributed by atoms with Crippen molar-refractivity contribution in [2.45, 2.75) is 90.9 Å². The van der Waals surface area contributed by atoms with Crippen LogP contribution in [0.3, 0.4) is 0 Å². The Kier molecular flexibility index (Phi) is 19.3. The van der Waals surface area contributed by atoms with Gasteiger partial charge in [0.1, 0.15) is 0 Å². The third-order valence-electron chi connectivity index (χ3n) is 4.37. The molecule has 28 heavy (non-hydrogen) atoms. The molecule has 0 aromatic heterocycles. The minimum absolute atomic E-state index is 0.0761. The van der Waals surface area contributed by atoms with Crippen LogP contribution in [0.25, 0.3) is 0 Å². The van der Waals surface area contributed by atoms with Gasteiger partial charge in [0.05, 0.1) is 0 Å². The van der Waals surface area contributed by atoms with Gasteiger partial charge in [-0.25, -0.2) is 0 Å². The number of rotatable bonds is 22. The first kappa shape index (κ1) is 28.9. The van der Waals surface area contributed by atoms with Gasteiger partial charge < -0.3 is 0 Å². The summed E-state index contributed by atoms with van der Waals surface area (Å²) in [5, 5.41) is 0. The standard InChI is InChI=1S/C20H45O5PS2/c1-3-5-7-9-11-13-17-27-19-15-24-26(21,22,23)25-16-20-28-18-14-12-10-8-6-4-2/h21-23H,3-20H2,1-2H3. The van der Waals surface area contributed by atoms with Gasteiger partial charge in [0.25, 0.3) is 0 Å². The van der Waals surface area contributed by atoms with Crippen LogP contribution in [0.2, 0.25) is 0 Å². The van der Waals surface area contributed by atoms with Crippen LogP contribution in [0.4, 0.5) is 0 Å². The van der Waals surface area contributed by atoms with Crippen LogP contribution in [0.1, 0.15) is 90.9 Å². The van der Waals surface area contributed by atoms with Gasteiger partial charge in [-0.15, -0.1) is 0 Å². The van der Waals surface area contributed by atoms with Crippen molar-refractivity contribution in [2.75, 3.05) is 36.2 Å². The molecule has 8 heteroatoms. The summed E-state index contributed by atoms with van der Waals surface area (Å²) in [5.74, 6) is 3.29. The molecule has 0 unspecified atom stereocenters. The molecule has 0 radical (unpaired) electrons. The Morgan fingerprint density at radius 1 is 0.536 bits per heavy atom. The summed E-state index contributed by atoms with van der Waals surface area (Å²) < 4.78 is 9.81. The second kappa shape index (κ2) is 18.7. The van der Waals surface area contributed by atoms with E-state index in [0.29, 0.717) is 11.5 Å². The van der Waals surface area contributed by atoms with Crippen molar-refractivity contribution in [3.63, 3.8) is 0 Å². The fourth-order valence-electron chi connectivity index (χ4n) is 2.72. The van der Waals surface area contributed by atoms with Crippen molar-refractivity contribution >= 4 is 31.3 Å². The average molecular weight is 461 g/mol. The SMILES string of the molecule is CCCCCCCCSCCOP(O)(O)(O)OCCSCCCCCCCC. The van der Waals surface area contributed by atoms with Crippen molar-refractivity contribution in [3.8, 4) is 0 Å². The molecule has 5 nitrogen and oxygen atoms in total. The monoisotopic (exact) mass is 460 g/mol. The second-order valence-electron chi connectivity index (χ2n) is 7.26. The van der Waals surface area contributed by atoms with E-state index in [-0.39, 0.29) is 13.2 Å². The Hall–Kier alpha value is 0.930. The predicted octanol–water partition coefficient (Wildman–Crippen LogP) is 6.31. The van der Waals surface area contributed by atoms with Gasteiger partial charge in [0.15, 0.2) is 0 Å². The van der Waals surface area contributed by atoms with Gasteiger partial charge in [0, 0.05) is 0 Å². The molecule has 0 aromatic rings. The van der Waals surface area contributed by atoms with Gasteiger partial charge in [-0.05, 0) is 0 Å². The maximum atomic E-state index is 9.80. The first-order chi connectivity index (χ1) is 13.4. The van der Waals surface area contributed by atoms with E-state index in [1.54, 1.807) is 23.5 Å². The van der Waals surface area contributed by atoms with Gasteiger partial charge in [0.2, 0.25) is 0 Å². The van der Waals surface area contributed by atoms with Crippen LogP contribution in [0, 0.1) is 0 Å². The Morgan fingerprint density at radius 3 is 1.29 bits per heavy atom. The molecule has 0 spiro atoms. The summed E-state index contributed by atoms with van der Waals surface area (Å²) in [5.41, 5.74) is 0. The van der Waals surface area contributed by atoms with E-state index in [4.69, 9.17) is 9.05 Å². The molecule has 0 aliphatic heterocycles. The van der Waals surface area contributed by atoms with E-state index in [0.717, 1.165) is 11.5 Å². The van der Waals surface area contributed by atoms with Crippen LogP contribution < -0.4 is 0 Å². The molecule has 0 aliphatic carbocycles. The Morgan fingerprint density at radius 2 is 0.893 bits per heavy atom. The molecule has 0 fully saturated rings. The van der Waals surface area contributed by atoms with E-state index in [9.17, 15) is 14.7 Å². The number of unbranched alkanes of at least 4 members (excludes halogenated alkanes) is 10. The van der Waals surface area contributed by atoms with Gasteiger partial charge >= 0.3 is 182 Å². The molecule has 0 amide bonds. The summed E-state index contributed by atoms with van der Waals surface area (Å²) in [6, 6.07) is 0. The average Bonchev–Trinajstić information content (AvgIpc) is 2.64. The van der Waals surface area contributed by atoms with E-state index in [1.807, 2.05) is 0 Å². The topological polar surface area (TPSA) is 79.2 Å². The van der Waals surface area contributed by atoms with Crippen LogP contribution in [0.5, 0.6) is 0 Å². The molecule has 3 N–H and O–H groups in total. The molecular formula is C20H45O5PS2. The van der Waals surface area contributed by atoms with Crippen molar-refractivity contribution in [2.24, 2.45) is 0 Å². The molecule has 172 valence electrons. The molecule has 0 saturated heterocycles. The Balaban J connectivity index is 3.51. The van der Waals surface area contributed by atoms with Crippen molar-refractivity contribution in [1.29, 1.82) is 0 Å². The first-order valence-electron chi connectivity index (χ1n) is 11.1. The van der Waals surface area contributed by atoms with Crippen LogP contribution in [0.15, 0.2) is 0 Å². The molecule has 0 saturated carbocycles. The normalized spacial score (nSPS) is 13.5. The summed E-state index contributed by atoms with van der Waals surface area (Å²) >= 11 is 3.41. The third kappa shape index (κ3) is 21.6. The van der Waals surface area contributed by atoms with Crippen LogP contribution in [-0.2, 0) is 9.05 Å². The number of hydrogen-bond acceptors (Lipinski definition) is 7. The van der Waals surface area contributed by atoms with E-state index in [1.165, 1.54) is 77.0 Å². The molecule has 0 atom stereocenters. The van der Waals surface area contributed by atoms with Crippen molar-refractivity contribution in [3.05, 3.63) is 0 Å². The van der Waals surface area contributed by atoms with Crippen molar-refractivity contribution in [1.82, 2.24) is 0 Å². The number of hydrogen-bond donors (Lipinski definition) is 3. The summed E-state index contributed by atoms with van der Waals surface area (Å²) in [6.07, 6.45) is 15.2. The van der Waals surface area contributed by atoms with E-state index in [2.05, 4.69) is 13.8 Å². The van der Waals surface area contributed by atoms with E-state index < -0.39 is 7.74 Å². The second-order valence-corrected chi connectivity index (χ2v) is 11.9. The van der Waals surface area contributed by atoms with Crippen LogP contribution >= 0.6 is 31.3 Å². The number of thioether (sulfide) groups is 2. The fourth-order valence-corrected chi connectivity index (χ4v) is 5.49. The zero-order valence-corrected chi connectivity index (χ0v) is 20.7. The van der Waals surface area contributed by atoms with E-state index >= 15 is 0 Å². The molecule has 0 bridgehead atoms. The summed E-state index contributed by atoms with van der Waals surface area (Å²) in [6.45, 7) is 4.59. The molecular weight excluding hydrogens is 415 g/mol. The predicted molar refractivity (Wildman–Crippen MR) is 127 cm³/mol. The molecule has 0 heterocycles. The maximum absolute atomic E-state index is 9.80. The van der Waals surface area contributed by atoms with Crippen molar-refractivity contribution < 1.29 is 23.7 Å². The zero-order chi connectivity index (χ0) is 21.0. The summed E-state index contributed by atoms with van der Waals surface area (Å²) in [7, 11) is -5.38. The van der Waals surface area contributed by atoms with Gasteiger partial charge in [-0.1, -0.05) is 0 Å². The quantitative estimate of drug-likeness (QED) is 0.129. The third-order valence-corrected chi connectivity index (χ3v) is 7.71.